The Kier molecular flexibility index (Phi) is 3.99. The molecule has 2 aliphatic rings. The third-order valence-electron chi connectivity index (χ3n) is 5.30. The summed E-state index contributed by atoms with van der Waals surface area (Å²) >= 11 is 0. The lowest BCUT2D eigenvalue weighted by Gasteiger charge is -2.54. The molecule has 0 radical (unpaired) electrons. The summed E-state index contributed by atoms with van der Waals surface area (Å²) in [5.74, 6) is 1.43. The quantitative estimate of drug-likeness (QED) is 0.736. The number of rotatable bonds is 2. The lowest BCUT2D eigenvalue weighted by Crippen LogP contribution is -2.54. The smallest absolute Gasteiger partial charge is 0.226 e. The van der Waals surface area contributed by atoms with Crippen LogP contribution in [0.5, 0.6) is 0 Å². The van der Waals surface area contributed by atoms with Crippen molar-refractivity contribution in [2.45, 2.75) is 66.7 Å². The number of hydrogen-bond acceptors (Lipinski definition) is 1. The maximum Gasteiger partial charge on any atom is 0.226 e. The minimum atomic E-state index is 0.196. The largest absolute Gasteiger partial charge is 0.342 e. The van der Waals surface area contributed by atoms with Crippen molar-refractivity contribution in [3.05, 3.63) is 0 Å². The number of nitrogens with zero attached hydrogens (tertiary/aromatic N) is 1. The Bertz CT molecular complexity index is 334. The summed E-state index contributed by atoms with van der Waals surface area (Å²) < 4.78 is 0. The SMILES string of the molecule is CC(C)(C)CC1C[C@H](C(=O)N2CCCCC2)C1(C)C. The summed E-state index contributed by atoms with van der Waals surface area (Å²) in [5.41, 5.74) is 0.572. The molecule has 1 saturated carbocycles. The molecule has 1 heterocycles. The molecule has 19 heavy (non-hydrogen) atoms. The number of carbonyl (C=O) groups excluding carboxylic acids is 1. The van der Waals surface area contributed by atoms with Gasteiger partial charge in [-0.2, -0.15) is 0 Å². The molecular formula is C17H31NO. The summed E-state index contributed by atoms with van der Waals surface area (Å²) in [6.45, 7) is 13.5. The van der Waals surface area contributed by atoms with Crippen LogP contribution in [0.25, 0.3) is 0 Å². The number of likely N-dealkylation sites (tertiary alicyclic amines) is 1. The van der Waals surface area contributed by atoms with E-state index in [1.165, 1.54) is 25.7 Å². The summed E-state index contributed by atoms with van der Waals surface area (Å²) in [4.78, 5) is 14.8. The zero-order valence-electron chi connectivity index (χ0n) is 13.5. The van der Waals surface area contributed by atoms with Crippen LogP contribution < -0.4 is 0 Å². The van der Waals surface area contributed by atoms with E-state index in [9.17, 15) is 4.79 Å². The minimum absolute atomic E-state index is 0.196. The maximum absolute atomic E-state index is 12.6. The Morgan fingerprint density at radius 2 is 1.74 bits per heavy atom. The van der Waals surface area contributed by atoms with Crippen molar-refractivity contribution in [2.24, 2.45) is 22.7 Å². The molecule has 1 amide bonds. The molecule has 2 atom stereocenters. The fourth-order valence-corrected chi connectivity index (χ4v) is 3.86. The average Bonchev–Trinajstić information content (AvgIpc) is 2.33. The summed E-state index contributed by atoms with van der Waals surface area (Å²) in [6.07, 6.45) is 6.04. The highest BCUT2D eigenvalue weighted by Gasteiger charge is 2.53. The first-order chi connectivity index (χ1) is 8.72. The minimum Gasteiger partial charge on any atom is -0.342 e. The molecule has 0 aromatic carbocycles. The highest BCUT2D eigenvalue weighted by Crippen LogP contribution is 2.55. The summed E-state index contributed by atoms with van der Waals surface area (Å²) in [5, 5.41) is 0. The topological polar surface area (TPSA) is 20.3 Å². The van der Waals surface area contributed by atoms with Crippen LogP contribution in [0.4, 0.5) is 0 Å². The van der Waals surface area contributed by atoms with E-state index < -0.39 is 0 Å². The van der Waals surface area contributed by atoms with Gasteiger partial charge in [0, 0.05) is 19.0 Å². The molecular weight excluding hydrogens is 234 g/mol. The second kappa shape index (κ2) is 5.10. The molecule has 0 N–H and O–H groups in total. The fraction of sp³-hybridized carbons (Fsp3) is 0.941. The van der Waals surface area contributed by atoms with Gasteiger partial charge in [-0.3, -0.25) is 4.79 Å². The van der Waals surface area contributed by atoms with E-state index in [0.29, 0.717) is 17.2 Å². The third kappa shape index (κ3) is 3.14. The van der Waals surface area contributed by atoms with Gasteiger partial charge in [0.05, 0.1) is 0 Å². The monoisotopic (exact) mass is 265 g/mol. The number of piperidine rings is 1. The van der Waals surface area contributed by atoms with Gasteiger partial charge < -0.3 is 4.90 Å². The van der Waals surface area contributed by atoms with Gasteiger partial charge in [-0.25, -0.2) is 0 Å². The molecule has 0 aromatic heterocycles. The van der Waals surface area contributed by atoms with Gasteiger partial charge in [0.1, 0.15) is 0 Å². The highest BCUT2D eigenvalue weighted by molar-refractivity contribution is 5.80. The Labute approximate surface area is 118 Å². The van der Waals surface area contributed by atoms with Gasteiger partial charge in [-0.15, -0.1) is 0 Å². The number of carbonyl (C=O) groups is 1. The Hall–Kier alpha value is -0.530. The van der Waals surface area contributed by atoms with E-state index in [1.807, 2.05) is 0 Å². The van der Waals surface area contributed by atoms with Crippen LogP contribution >= 0.6 is 0 Å². The maximum atomic E-state index is 12.6. The van der Waals surface area contributed by atoms with E-state index in [2.05, 4.69) is 39.5 Å². The number of amides is 1. The van der Waals surface area contributed by atoms with E-state index in [-0.39, 0.29) is 11.3 Å². The molecule has 2 heteroatoms. The van der Waals surface area contributed by atoms with Crippen molar-refractivity contribution in [1.82, 2.24) is 4.90 Å². The van der Waals surface area contributed by atoms with Crippen molar-refractivity contribution < 1.29 is 4.79 Å². The molecule has 2 nitrogen and oxygen atoms in total. The van der Waals surface area contributed by atoms with E-state index in [4.69, 9.17) is 0 Å². The number of hydrogen-bond donors (Lipinski definition) is 0. The Morgan fingerprint density at radius 3 is 2.21 bits per heavy atom. The van der Waals surface area contributed by atoms with Crippen LogP contribution in [0.3, 0.4) is 0 Å². The summed E-state index contributed by atoms with van der Waals surface area (Å²) in [7, 11) is 0. The van der Waals surface area contributed by atoms with Crippen LogP contribution in [0, 0.1) is 22.7 Å². The van der Waals surface area contributed by atoms with Gasteiger partial charge in [0.15, 0.2) is 0 Å². The molecule has 0 spiro atoms. The lowest BCUT2D eigenvalue weighted by atomic mass is 9.51. The Balaban J connectivity index is 1.94. The van der Waals surface area contributed by atoms with Gasteiger partial charge in [-0.05, 0) is 48.9 Å². The molecule has 1 aliphatic heterocycles. The predicted molar refractivity (Wildman–Crippen MR) is 79.9 cm³/mol. The van der Waals surface area contributed by atoms with Gasteiger partial charge in [0.25, 0.3) is 0 Å². The molecule has 2 fully saturated rings. The molecule has 1 unspecified atom stereocenters. The standard InChI is InChI=1S/C17H31NO/c1-16(2,3)12-13-11-14(17(13,4)5)15(19)18-9-7-6-8-10-18/h13-14H,6-12H2,1-5H3/t13?,14-/m1/s1. The molecule has 1 saturated heterocycles. The van der Waals surface area contributed by atoms with Crippen LogP contribution in [0.15, 0.2) is 0 Å². The van der Waals surface area contributed by atoms with Crippen LogP contribution in [0.1, 0.15) is 66.7 Å². The molecule has 1 aliphatic carbocycles. The lowest BCUT2D eigenvalue weighted by molar-refractivity contribution is -0.154. The first-order valence-corrected chi connectivity index (χ1v) is 8.00. The zero-order valence-corrected chi connectivity index (χ0v) is 13.5. The van der Waals surface area contributed by atoms with Gasteiger partial charge >= 0.3 is 0 Å². The molecule has 0 aromatic rings. The van der Waals surface area contributed by atoms with Crippen molar-refractivity contribution in [3.8, 4) is 0 Å². The Morgan fingerprint density at radius 1 is 1.16 bits per heavy atom. The molecule has 110 valence electrons. The zero-order chi connectivity index (χ0) is 14.3. The van der Waals surface area contributed by atoms with Crippen molar-refractivity contribution in [3.63, 3.8) is 0 Å². The summed E-state index contributed by atoms with van der Waals surface area (Å²) in [6, 6.07) is 0. The average molecular weight is 265 g/mol. The highest BCUT2D eigenvalue weighted by atomic mass is 16.2. The van der Waals surface area contributed by atoms with Crippen molar-refractivity contribution >= 4 is 5.91 Å². The van der Waals surface area contributed by atoms with Crippen molar-refractivity contribution in [2.75, 3.05) is 13.1 Å². The molecule has 2 rings (SSSR count). The van der Waals surface area contributed by atoms with Crippen LogP contribution in [-0.4, -0.2) is 23.9 Å². The second-order valence-electron chi connectivity index (χ2n) is 8.46. The predicted octanol–water partition coefficient (Wildman–Crippen LogP) is 4.10. The van der Waals surface area contributed by atoms with E-state index in [0.717, 1.165) is 19.5 Å². The van der Waals surface area contributed by atoms with Crippen LogP contribution in [0.2, 0.25) is 0 Å². The van der Waals surface area contributed by atoms with Crippen molar-refractivity contribution in [1.29, 1.82) is 0 Å². The fourth-order valence-electron chi connectivity index (χ4n) is 3.86. The third-order valence-corrected chi connectivity index (χ3v) is 5.30. The second-order valence-corrected chi connectivity index (χ2v) is 8.46. The van der Waals surface area contributed by atoms with E-state index >= 15 is 0 Å². The van der Waals surface area contributed by atoms with Crippen LogP contribution in [-0.2, 0) is 4.79 Å². The van der Waals surface area contributed by atoms with Gasteiger partial charge in [0.2, 0.25) is 5.91 Å². The first kappa shape index (κ1) is 14.9. The molecule has 0 bridgehead atoms. The van der Waals surface area contributed by atoms with Gasteiger partial charge in [-0.1, -0.05) is 34.6 Å². The van der Waals surface area contributed by atoms with E-state index in [1.54, 1.807) is 0 Å². The first-order valence-electron chi connectivity index (χ1n) is 8.00. The normalized spacial score (nSPS) is 30.9.